The van der Waals surface area contributed by atoms with Crippen molar-refractivity contribution in [1.82, 2.24) is 4.98 Å². The van der Waals surface area contributed by atoms with Gasteiger partial charge in [0.25, 0.3) is 0 Å². The Labute approximate surface area is 112 Å². The topological polar surface area (TPSA) is 71.9 Å². The highest BCUT2D eigenvalue weighted by Crippen LogP contribution is 2.31. The lowest BCUT2D eigenvalue weighted by atomic mass is 10.2. The summed E-state index contributed by atoms with van der Waals surface area (Å²) in [4.78, 5) is 4.43. The second-order valence-electron chi connectivity index (χ2n) is 4.18. The quantitative estimate of drug-likeness (QED) is 0.852. The highest BCUT2D eigenvalue weighted by molar-refractivity contribution is 5.64. The van der Waals surface area contributed by atoms with E-state index in [1.165, 1.54) is 0 Å². The average Bonchev–Trinajstić information content (AvgIpc) is 2.42. The first-order valence-electron chi connectivity index (χ1n) is 6.08. The third-order valence-corrected chi connectivity index (χ3v) is 2.81. The van der Waals surface area contributed by atoms with Gasteiger partial charge in [0, 0.05) is 5.69 Å². The second-order valence-corrected chi connectivity index (χ2v) is 4.18. The van der Waals surface area contributed by atoms with E-state index in [9.17, 15) is 0 Å². The Hall–Kier alpha value is -2.54. The zero-order valence-electron chi connectivity index (χ0n) is 11.0. The van der Waals surface area contributed by atoms with Crippen LogP contribution in [0, 0.1) is 18.3 Å². The van der Waals surface area contributed by atoms with Crippen molar-refractivity contribution in [3.05, 3.63) is 47.3 Å². The highest BCUT2D eigenvalue weighted by atomic mass is 16.5. The molecule has 2 aromatic rings. The number of nitriles is 1. The van der Waals surface area contributed by atoms with Crippen molar-refractivity contribution in [2.24, 2.45) is 0 Å². The van der Waals surface area contributed by atoms with Crippen molar-refractivity contribution in [1.29, 1.82) is 5.26 Å². The normalized spacial score (nSPS) is 9.95. The number of para-hydroxylation sites is 1. The number of hydrogen-bond acceptors (Lipinski definition) is 4. The van der Waals surface area contributed by atoms with Crippen LogP contribution in [0.25, 0.3) is 0 Å². The van der Waals surface area contributed by atoms with E-state index in [4.69, 9.17) is 15.7 Å². The van der Waals surface area contributed by atoms with Gasteiger partial charge >= 0.3 is 0 Å². The van der Waals surface area contributed by atoms with Crippen LogP contribution in [0.15, 0.2) is 30.3 Å². The van der Waals surface area contributed by atoms with Crippen LogP contribution in [0.3, 0.4) is 0 Å². The summed E-state index contributed by atoms with van der Waals surface area (Å²) in [6.45, 7) is 3.96. The number of rotatable bonds is 3. The minimum Gasteiger partial charge on any atom is -0.453 e. The molecular formula is C15H15N3O. The summed E-state index contributed by atoms with van der Waals surface area (Å²) >= 11 is 0. The molecule has 0 aliphatic rings. The number of ether oxygens (including phenoxy) is 1. The van der Waals surface area contributed by atoms with Crippen LogP contribution >= 0.6 is 0 Å². The molecule has 19 heavy (non-hydrogen) atoms. The van der Waals surface area contributed by atoms with E-state index >= 15 is 0 Å². The number of benzene rings is 1. The standard InChI is InChI=1S/C15H15N3O/c1-3-12-13(8-7-10(2)18-12)19-14-6-4-5-11(9-16)15(14)17/h4-8H,3,17H2,1-2H3. The fraction of sp³-hybridized carbons (Fsp3) is 0.200. The Morgan fingerprint density at radius 3 is 2.74 bits per heavy atom. The molecule has 0 saturated heterocycles. The van der Waals surface area contributed by atoms with Crippen LogP contribution in [0.2, 0.25) is 0 Å². The predicted molar refractivity (Wildman–Crippen MR) is 74.0 cm³/mol. The van der Waals surface area contributed by atoms with Gasteiger partial charge in [0.2, 0.25) is 0 Å². The third kappa shape index (κ3) is 2.66. The number of anilines is 1. The highest BCUT2D eigenvalue weighted by Gasteiger charge is 2.10. The van der Waals surface area contributed by atoms with Crippen molar-refractivity contribution in [2.75, 3.05) is 5.73 Å². The molecule has 1 aromatic heterocycles. The number of nitrogens with two attached hydrogens (primary N) is 1. The van der Waals surface area contributed by atoms with Crippen LogP contribution in [0.4, 0.5) is 5.69 Å². The van der Waals surface area contributed by atoms with Gasteiger partial charge in [-0.05, 0) is 37.6 Å². The van der Waals surface area contributed by atoms with Gasteiger partial charge in [-0.3, -0.25) is 4.98 Å². The summed E-state index contributed by atoms with van der Waals surface area (Å²) in [5.74, 6) is 1.16. The zero-order chi connectivity index (χ0) is 13.8. The van der Waals surface area contributed by atoms with Crippen molar-refractivity contribution in [3.8, 4) is 17.6 Å². The van der Waals surface area contributed by atoms with Gasteiger partial charge in [-0.25, -0.2) is 0 Å². The monoisotopic (exact) mass is 253 g/mol. The molecule has 0 amide bonds. The zero-order valence-corrected chi connectivity index (χ0v) is 11.0. The molecule has 4 nitrogen and oxygen atoms in total. The molecule has 0 aliphatic carbocycles. The van der Waals surface area contributed by atoms with E-state index in [1.54, 1.807) is 18.2 Å². The van der Waals surface area contributed by atoms with E-state index < -0.39 is 0 Å². The SMILES string of the molecule is CCc1nc(C)ccc1Oc1cccc(C#N)c1N. The molecule has 0 spiro atoms. The van der Waals surface area contributed by atoms with Crippen LogP contribution in [-0.4, -0.2) is 4.98 Å². The first kappa shape index (κ1) is 12.9. The predicted octanol–water partition coefficient (Wildman–Crippen LogP) is 3.20. The Balaban J connectivity index is 2.40. The summed E-state index contributed by atoms with van der Waals surface area (Å²) in [6, 6.07) is 11.0. The maximum absolute atomic E-state index is 8.95. The summed E-state index contributed by atoms with van der Waals surface area (Å²) in [7, 11) is 0. The maximum atomic E-state index is 8.95. The molecule has 0 atom stereocenters. The van der Waals surface area contributed by atoms with Crippen molar-refractivity contribution < 1.29 is 4.74 Å². The lowest BCUT2D eigenvalue weighted by Gasteiger charge is -2.12. The number of aryl methyl sites for hydroxylation is 2. The number of pyridine rings is 1. The Morgan fingerprint density at radius 2 is 2.05 bits per heavy atom. The van der Waals surface area contributed by atoms with Crippen LogP contribution < -0.4 is 10.5 Å². The Morgan fingerprint density at radius 1 is 1.26 bits per heavy atom. The van der Waals surface area contributed by atoms with Crippen molar-refractivity contribution in [2.45, 2.75) is 20.3 Å². The molecule has 96 valence electrons. The Kier molecular flexibility index (Phi) is 3.67. The first-order valence-corrected chi connectivity index (χ1v) is 6.08. The number of aromatic nitrogens is 1. The summed E-state index contributed by atoms with van der Waals surface area (Å²) in [5.41, 5.74) is 8.49. The molecule has 4 heteroatoms. The van der Waals surface area contributed by atoms with Gasteiger partial charge in [0.05, 0.1) is 16.9 Å². The third-order valence-electron chi connectivity index (χ3n) is 2.81. The number of nitrogens with zero attached hydrogens (tertiary/aromatic N) is 2. The molecule has 2 rings (SSSR count). The Bertz CT molecular complexity index is 644. The molecule has 1 heterocycles. The molecular weight excluding hydrogens is 238 g/mol. The van der Waals surface area contributed by atoms with Crippen LogP contribution in [0.1, 0.15) is 23.9 Å². The summed E-state index contributed by atoms with van der Waals surface area (Å²) < 4.78 is 5.79. The van der Waals surface area contributed by atoms with Gasteiger partial charge in [-0.1, -0.05) is 13.0 Å². The molecule has 0 bridgehead atoms. The van der Waals surface area contributed by atoms with E-state index in [0.29, 0.717) is 22.7 Å². The summed E-state index contributed by atoms with van der Waals surface area (Å²) in [6.07, 6.45) is 0.773. The van der Waals surface area contributed by atoms with Gasteiger partial charge in [-0.15, -0.1) is 0 Å². The van der Waals surface area contributed by atoms with E-state index in [0.717, 1.165) is 17.8 Å². The first-order chi connectivity index (χ1) is 9.15. The van der Waals surface area contributed by atoms with Gasteiger partial charge in [0.1, 0.15) is 11.8 Å². The fourth-order valence-electron chi connectivity index (χ4n) is 1.79. The van der Waals surface area contributed by atoms with Crippen molar-refractivity contribution >= 4 is 5.69 Å². The van der Waals surface area contributed by atoms with Gasteiger partial charge in [-0.2, -0.15) is 5.26 Å². The maximum Gasteiger partial charge on any atom is 0.151 e. The molecule has 1 aromatic carbocycles. The van der Waals surface area contributed by atoms with Gasteiger partial charge < -0.3 is 10.5 Å². The molecule has 0 unspecified atom stereocenters. The average molecular weight is 253 g/mol. The van der Waals surface area contributed by atoms with Crippen LogP contribution in [-0.2, 0) is 6.42 Å². The lowest BCUT2D eigenvalue weighted by molar-refractivity contribution is 0.475. The molecule has 0 fully saturated rings. The fourth-order valence-corrected chi connectivity index (χ4v) is 1.79. The largest absolute Gasteiger partial charge is 0.453 e. The number of nitrogen functional groups attached to an aromatic ring is 1. The van der Waals surface area contributed by atoms with Crippen molar-refractivity contribution in [3.63, 3.8) is 0 Å². The molecule has 0 radical (unpaired) electrons. The summed E-state index contributed by atoms with van der Waals surface area (Å²) in [5, 5.41) is 8.95. The van der Waals surface area contributed by atoms with E-state index in [1.807, 2.05) is 32.0 Å². The molecule has 0 aliphatic heterocycles. The smallest absolute Gasteiger partial charge is 0.151 e. The minimum atomic E-state index is 0.354. The lowest BCUT2D eigenvalue weighted by Crippen LogP contribution is -1.99. The number of hydrogen-bond donors (Lipinski definition) is 1. The van der Waals surface area contributed by atoms with Crippen LogP contribution in [0.5, 0.6) is 11.5 Å². The van der Waals surface area contributed by atoms with Gasteiger partial charge in [0.15, 0.2) is 5.75 Å². The molecule has 0 saturated carbocycles. The van der Waals surface area contributed by atoms with E-state index in [2.05, 4.69) is 4.98 Å². The second kappa shape index (κ2) is 5.40. The minimum absolute atomic E-state index is 0.354. The van der Waals surface area contributed by atoms with E-state index in [-0.39, 0.29) is 0 Å². The molecule has 2 N–H and O–H groups in total.